The molecule has 1 aliphatic heterocycles. The highest BCUT2D eigenvalue weighted by atomic mass is 16.5. The summed E-state index contributed by atoms with van der Waals surface area (Å²) in [4.78, 5) is 13.6. The molecule has 0 amide bonds. The Hall–Kier alpha value is -3.98. The molecule has 30 heavy (non-hydrogen) atoms. The van der Waals surface area contributed by atoms with Crippen molar-refractivity contribution in [3.8, 4) is 17.6 Å². The van der Waals surface area contributed by atoms with Gasteiger partial charge in [0.15, 0.2) is 0 Å². The van der Waals surface area contributed by atoms with Gasteiger partial charge in [0.2, 0.25) is 5.88 Å². The zero-order chi connectivity index (χ0) is 21.3. The maximum absolute atomic E-state index is 13.6. The van der Waals surface area contributed by atoms with E-state index >= 15 is 0 Å². The van der Waals surface area contributed by atoms with E-state index in [2.05, 4.69) is 6.07 Å². The van der Waals surface area contributed by atoms with Gasteiger partial charge in [-0.15, -0.1) is 0 Å². The fourth-order valence-electron chi connectivity index (χ4n) is 3.78. The fraction of sp³-hybridized carbons (Fsp3) is 0.167. The second kappa shape index (κ2) is 7.80. The van der Waals surface area contributed by atoms with Crippen LogP contribution in [0.15, 0.2) is 76.9 Å². The van der Waals surface area contributed by atoms with E-state index in [-0.39, 0.29) is 17.0 Å². The third-order valence-electron chi connectivity index (χ3n) is 5.32. The highest BCUT2D eigenvalue weighted by Gasteiger charge is 2.34. The Labute approximate surface area is 174 Å². The lowest BCUT2D eigenvalue weighted by atomic mass is 9.84. The standard InChI is InChI=1S/C24H21N3O3/c1-15-12-20-22(24(28)27(15)14-16-8-10-18(29-2)11-9-16)21(17-6-4-3-5-7-17)19(13-25)23(26)30-20/h3-12,21H,14,26H2,1-2H3/t21-/m1/s1. The summed E-state index contributed by atoms with van der Waals surface area (Å²) in [5, 5.41) is 9.73. The van der Waals surface area contributed by atoms with Gasteiger partial charge in [-0.2, -0.15) is 5.26 Å². The van der Waals surface area contributed by atoms with Gasteiger partial charge in [-0.1, -0.05) is 42.5 Å². The third kappa shape index (κ3) is 3.31. The van der Waals surface area contributed by atoms with Crippen LogP contribution in [0.3, 0.4) is 0 Å². The molecule has 1 aromatic heterocycles. The smallest absolute Gasteiger partial charge is 0.259 e. The number of nitriles is 1. The van der Waals surface area contributed by atoms with Crippen molar-refractivity contribution in [2.75, 3.05) is 7.11 Å². The van der Waals surface area contributed by atoms with Crippen LogP contribution in [0.2, 0.25) is 0 Å². The van der Waals surface area contributed by atoms with Crippen molar-refractivity contribution in [3.63, 3.8) is 0 Å². The van der Waals surface area contributed by atoms with Gasteiger partial charge in [0.1, 0.15) is 23.1 Å². The predicted molar refractivity (Wildman–Crippen MR) is 113 cm³/mol. The summed E-state index contributed by atoms with van der Waals surface area (Å²) in [6.45, 7) is 2.25. The number of methoxy groups -OCH3 is 1. The van der Waals surface area contributed by atoms with Crippen LogP contribution in [-0.4, -0.2) is 11.7 Å². The average Bonchev–Trinajstić information content (AvgIpc) is 2.76. The second-order valence-electron chi connectivity index (χ2n) is 7.14. The highest BCUT2D eigenvalue weighted by molar-refractivity contribution is 5.55. The van der Waals surface area contributed by atoms with Crippen LogP contribution in [0.5, 0.6) is 11.5 Å². The number of aromatic nitrogens is 1. The topological polar surface area (TPSA) is 90.3 Å². The number of hydrogen-bond donors (Lipinski definition) is 1. The molecule has 1 atom stereocenters. The van der Waals surface area contributed by atoms with Crippen LogP contribution in [0.4, 0.5) is 0 Å². The maximum atomic E-state index is 13.6. The van der Waals surface area contributed by atoms with Gasteiger partial charge >= 0.3 is 0 Å². The summed E-state index contributed by atoms with van der Waals surface area (Å²) >= 11 is 0. The van der Waals surface area contributed by atoms with Gasteiger partial charge in [-0.05, 0) is 30.2 Å². The number of hydrogen-bond acceptors (Lipinski definition) is 5. The normalized spacial score (nSPS) is 15.2. The van der Waals surface area contributed by atoms with Crippen molar-refractivity contribution in [2.45, 2.75) is 19.4 Å². The van der Waals surface area contributed by atoms with E-state index in [4.69, 9.17) is 15.2 Å². The molecule has 0 radical (unpaired) electrons. The first-order chi connectivity index (χ1) is 14.5. The molecule has 0 saturated heterocycles. The molecule has 2 aromatic carbocycles. The maximum Gasteiger partial charge on any atom is 0.259 e. The SMILES string of the molecule is COc1ccc(Cn2c(C)cc3c(c2=O)[C@H](c2ccccc2)C(C#N)=C(N)O3)cc1. The van der Waals surface area contributed by atoms with Crippen molar-refractivity contribution in [1.82, 2.24) is 4.57 Å². The Kier molecular flexibility index (Phi) is 5.03. The van der Waals surface area contributed by atoms with Crippen LogP contribution in [0, 0.1) is 18.3 Å². The van der Waals surface area contributed by atoms with E-state index in [9.17, 15) is 10.1 Å². The molecule has 6 heteroatoms. The Balaban J connectivity index is 1.87. The fourth-order valence-corrected chi connectivity index (χ4v) is 3.78. The number of rotatable bonds is 4. The number of ether oxygens (including phenoxy) is 2. The van der Waals surface area contributed by atoms with Gasteiger partial charge in [-0.25, -0.2) is 0 Å². The molecule has 0 unspecified atom stereocenters. The molecule has 0 aliphatic carbocycles. The molecule has 0 spiro atoms. The first-order valence-electron chi connectivity index (χ1n) is 9.53. The molecule has 0 saturated carbocycles. The largest absolute Gasteiger partial charge is 0.497 e. The van der Waals surface area contributed by atoms with E-state index < -0.39 is 5.92 Å². The van der Waals surface area contributed by atoms with Crippen molar-refractivity contribution in [2.24, 2.45) is 5.73 Å². The van der Waals surface area contributed by atoms with Crippen LogP contribution < -0.4 is 20.8 Å². The average molecular weight is 399 g/mol. The number of nitrogens with two attached hydrogens (primary N) is 1. The molecule has 0 bridgehead atoms. The Morgan fingerprint density at radius 2 is 1.87 bits per heavy atom. The summed E-state index contributed by atoms with van der Waals surface area (Å²) in [7, 11) is 1.61. The van der Waals surface area contributed by atoms with Crippen molar-refractivity contribution < 1.29 is 9.47 Å². The Morgan fingerprint density at radius 1 is 1.17 bits per heavy atom. The minimum atomic E-state index is -0.574. The lowest BCUT2D eigenvalue weighted by Crippen LogP contribution is -2.33. The van der Waals surface area contributed by atoms with Gasteiger partial charge in [0.05, 0.1) is 25.1 Å². The first-order valence-corrected chi connectivity index (χ1v) is 9.53. The minimum Gasteiger partial charge on any atom is -0.497 e. The number of benzene rings is 2. The zero-order valence-electron chi connectivity index (χ0n) is 16.8. The molecule has 2 heterocycles. The van der Waals surface area contributed by atoms with Crippen molar-refractivity contribution >= 4 is 0 Å². The summed E-state index contributed by atoms with van der Waals surface area (Å²) < 4.78 is 12.6. The number of nitrogens with zero attached hydrogens (tertiary/aromatic N) is 2. The van der Waals surface area contributed by atoms with E-state index in [0.29, 0.717) is 17.9 Å². The predicted octanol–water partition coefficient (Wildman–Crippen LogP) is 3.43. The zero-order valence-corrected chi connectivity index (χ0v) is 16.8. The molecular weight excluding hydrogens is 378 g/mol. The quantitative estimate of drug-likeness (QED) is 0.726. The van der Waals surface area contributed by atoms with E-state index in [1.807, 2.05) is 61.5 Å². The Morgan fingerprint density at radius 3 is 2.50 bits per heavy atom. The summed E-state index contributed by atoms with van der Waals surface area (Å²) in [6.07, 6.45) is 0. The van der Waals surface area contributed by atoms with E-state index in [0.717, 1.165) is 22.6 Å². The van der Waals surface area contributed by atoms with Gasteiger partial charge < -0.3 is 19.8 Å². The van der Waals surface area contributed by atoms with Gasteiger partial charge in [0, 0.05) is 11.8 Å². The molecule has 6 nitrogen and oxygen atoms in total. The summed E-state index contributed by atoms with van der Waals surface area (Å²) in [5.74, 6) is 0.611. The van der Waals surface area contributed by atoms with Gasteiger partial charge in [-0.3, -0.25) is 4.79 Å². The van der Waals surface area contributed by atoms with E-state index in [1.165, 1.54) is 0 Å². The summed E-state index contributed by atoms with van der Waals surface area (Å²) in [6, 6.07) is 20.9. The van der Waals surface area contributed by atoms with E-state index in [1.54, 1.807) is 17.7 Å². The molecule has 150 valence electrons. The van der Waals surface area contributed by atoms with Crippen molar-refractivity contribution in [1.29, 1.82) is 5.26 Å². The third-order valence-corrected chi connectivity index (χ3v) is 5.32. The number of allylic oxidation sites excluding steroid dienone is 1. The van der Waals surface area contributed by atoms with Crippen LogP contribution >= 0.6 is 0 Å². The Bertz CT molecular complexity index is 1220. The van der Waals surface area contributed by atoms with Crippen LogP contribution in [0.1, 0.15) is 28.3 Å². The minimum absolute atomic E-state index is 0.0329. The summed E-state index contributed by atoms with van der Waals surface area (Å²) in [5.41, 5.74) is 9.03. The molecule has 3 aromatic rings. The number of pyridine rings is 1. The lowest BCUT2D eigenvalue weighted by molar-refractivity contribution is 0.389. The number of fused-ring (bicyclic) bond motifs is 1. The van der Waals surface area contributed by atoms with Crippen LogP contribution in [0.25, 0.3) is 0 Å². The highest BCUT2D eigenvalue weighted by Crippen LogP contribution is 2.40. The number of aryl methyl sites for hydroxylation is 1. The monoisotopic (exact) mass is 399 g/mol. The molecular formula is C24H21N3O3. The van der Waals surface area contributed by atoms with Gasteiger partial charge in [0.25, 0.3) is 5.56 Å². The molecule has 4 rings (SSSR count). The lowest BCUT2D eigenvalue weighted by Gasteiger charge is -2.27. The second-order valence-corrected chi connectivity index (χ2v) is 7.14. The molecule has 1 aliphatic rings. The van der Waals surface area contributed by atoms with Crippen molar-refractivity contribution in [3.05, 3.63) is 105 Å². The molecule has 0 fully saturated rings. The first kappa shape index (κ1) is 19.3. The van der Waals surface area contributed by atoms with Crippen LogP contribution in [-0.2, 0) is 6.54 Å². The molecule has 2 N–H and O–H groups in total.